The number of nitrogens with zero attached hydrogens (tertiary/aromatic N) is 3. The van der Waals surface area contributed by atoms with E-state index in [0.29, 0.717) is 0 Å². The van der Waals surface area contributed by atoms with Crippen LogP contribution in [0.2, 0.25) is 0 Å². The molecule has 6 heteroatoms. The minimum atomic E-state index is 0.108. The third-order valence-electron chi connectivity index (χ3n) is 3.72. The van der Waals surface area contributed by atoms with E-state index in [-0.39, 0.29) is 11.9 Å². The first-order valence-electron chi connectivity index (χ1n) is 6.59. The van der Waals surface area contributed by atoms with E-state index < -0.39 is 0 Å². The average Bonchev–Trinajstić information content (AvgIpc) is 3.10. The molecule has 0 saturated carbocycles. The first-order chi connectivity index (χ1) is 9.68. The van der Waals surface area contributed by atoms with Gasteiger partial charge in [-0.15, -0.1) is 11.3 Å². The lowest BCUT2D eigenvalue weighted by Crippen LogP contribution is -2.41. The molecule has 0 radical (unpaired) electrons. The molecule has 2 aromatic heterocycles. The van der Waals surface area contributed by atoms with Gasteiger partial charge in [0, 0.05) is 42.4 Å². The number of hydrogen-bond acceptors (Lipinski definition) is 4. The lowest BCUT2D eigenvalue weighted by molar-refractivity contribution is 0.0691. The van der Waals surface area contributed by atoms with Crippen molar-refractivity contribution in [1.29, 1.82) is 0 Å². The molecular weight excluding hydrogens is 290 g/mol. The lowest BCUT2D eigenvalue weighted by atomic mass is 10.2. The van der Waals surface area contributed by atoms with Gasteiger partial charge >= 0.3 is 0 Å². The maximum Gasteiger partial charge on any atom is 0.271 e. The molecule has 0 aliphatic carbocycles. The fraction of sp³-hybridized carbons (Fsp3) is 0.429. The Kier molecular flexibility index (Phi) is 3.85. The molecular formula is C14H17N3OS2. The van der Waals surface area contributed by atoms with Crippen molar-refractivity contribution in [3.05, 3.63) is 40.1 Å². The Bertz CT molecular complexity index is 606. The minimum Gasteiger partial charge on any atom is -0.344 e. The summed E-state index contributed by atoms with van der Waals surface area (Å²) in [6, 6.07) is 4.01. The molecule has 0 spiro atoms. The fourth-order valence-corrected chi connectivity index (χ4v) is 4.33. The number of aryl methyl sites for hydroxylation is 1. The molecule has 1 aliphatic heterocycles. The van der Waals surface area contributed by atoms with Gasteiger partial charge in [-0.05, 0) is 19.1 Å². The summed E-state index contributed by atoms with van der Waals surface area (Å²) in [6.45, 7) is 2.80. The lowest BCUT2D eigenvalue weighted by Gasteiger charge is -2.34. The second kappa shape index (κ2) is 5.61. The average molecular weight is 307 g/mol. The van der Waals surface area contributed by atoms with Gasteiger partial charge in [-0.2, -0.15) is 11.8 Å². The van der Waals surface area contributed by atoms with Crippen molar-refractivity contribution in [2.75, 3.05) is 18.1 Å². The third kappa shape index (κ3) is 2.38. The van der Waals surface area contributed by atoms with Gasteiger partial charge in [0.25, 0.3) is 5.91 Å². The highest BCUT2D eigenvalue weighted by Crippen LogP contribution is 2.31. The fourth-order valence-electron chi connectivity index (χ4n) is 2.43. The number of hydrogen-bond donors (Lipinski definition) is 0. The highest BCUT2D eigenvalue weighted by atomic mass is 32.2. The van der Waals surface area contributed by atoms with Crippen LogP contribution in [0.15, 0.2) is 23.7 Å². The third-order valence-corrected chi connectivity index (χ3v) is 5.62. The largest absolute Gasteiger partial charge is 0.344 e. The van der Waals surface area contributed by atoms with Crippen molar-refractivity contribution < 1.29 is 4.79 Å². The van der Waals surface area contributed by atoms with Crippen LogP contribution in [0.5, 0.6) is 0 Å². The summed E-state index contributed by atoms with van der Waals surface area (Å²) in [7, 11) is 1.94. The Balaban J connectivity index is 1.90. The quantitative estimate of drug-likeness (QED) is 0.856. The Morgan fingerprint density at radius 3 is 2.95 bits per heavy atom. The van der Waals surface area contributed by atoms with Gasteiger partial charge in [0.15, 0.2) is 0 Å². The zero-order valence-electron chi connectivity index (χ0n) is 11.6. The number of rotatable bonds is 2. The SMILES string of the molecule is Cc1ccc(C(=O)N2CCSC[C@@H]2c2nccs2)n1C. The highest BCUT2D eigenvalue weighted by Gasteiger charge is 2.31. The van der Waals surface area contributed by atoms with E-state index in [1.54, 1.807) is 11.3 Å². The van der Waals surface area contributed by atoms with Gasteiger partial charge < -0.3 is 9.47 Å². The molecule has 0 unspecified atom stereocenters. The van der Waals surface area contributed by atoms with Gasteiger partial charge in [-0.3, -0.25) is 4.79 Å². The van der Waals surface area contributed by atoms with Crippen LogP contribution in [-0.4, -0.2) is 38.4 Å². The van der Waals surface area contributed by atoms with Crippen molar-refractivity contribution in [2.45, 2.75) is 13.0 Å². The number of aromatic nitrogens is 2. The first kappa shape index (κ1) is 13.7. The van der Waals surface area contributed by atoms with E-state index in [0.717, 1.165) is 34.4 Å². The molecule has 4 nitrogen and oxygen atoms in total. The van der Waals surface area contributed by atoms with Crippen molar-refractivity contribution in [3.63, 3.8) is 0 Å². The van der Waals surface area contributed by atoms with E-state index in [1.165, 1.54) is 0 Å². The van der Waals surface area contributed by atoms with E-state index in [9.17, 15) is 4.79 Å². The molecule has 1 amide bonds. The van der Waals surface area contributed by atoms with Crippen LogP contribution in [0, 0.1) is 6.92 Å². The second-order valence-electron chi connectivity index (χ2n) is 4.88. The van der Waals surface area contributed by atoms with Gasteiger partial charge in [-0.25, -0.2) is 4.98 Å². The smallest absolute Gasteiger partial charge is 0.271 e. The maximum absolute atomic E-state index is 12.8. The van der Waals surface area contributed by atoms with Gasteiger partial charge in [0.2, 0.25) is 0 Å². The Labute approximate surface area is 126 Å². The van der Waals surface area contributed by atoms with E-state index in [1.807, 2.05) is 58.9 Å². The van der Waals surface area contributed by atoms with E-state index in [2.05, 4.69) is 4.98 Å². The number of thioether (sulfide) groups is 1. The van der Waals surface area contributed by atoms with Crippen LogP contribution in [0.25, 0.3) is 0 Å². The summed E-state index contributed by atoms with van der Waals surface area (Å²) in [5.74, 6) is 2.04. The summed E-state index contributed by atoms with van der Waals surface area (Å²) < 4.78 is 1.96. The summed E-state index contributed by atoms with van der Waals surface area (Å²) in [4.78, 5) is 19.2. The van der Waals surface area contributed by atoms with Crippen LogP contribution in [0.3, 0.4) is 0 Å². The predicted octanol–water partition coefficient (Wildman–Crippen LogP) is 2.72. The molecule has 2 aromatic rings. The van der Waals surface area contributed by atoms with Crippen LogP contribution < -0.4 is 0 Å². The summed E-state index contributed by atoms with van der Waals surface area (Å²) in [5.41, 5.74) is 1.86. The molecule has 0 aromatic carbocycles. The molecule has 1 saturated heterocycles. The van der Waals surface area contributed by atoms with Crippen molar-refractivity contribution >= 4 is 29.0 Å². The molecule has 1 fully saturated rings. The van der Waals surface area contributed by atoms with E-state index >= 15 is 0 Å². The van der Waals surface area contributed by atoms with Gasteiger partial charge in [-0.1, -0.05) is 0 Å². The van der Waals surface area contributed by atoms with Gasteiger partial charge in [0.05, 0.1) is 6.04 Å². The zero-order valence-corrected chi connectivity index (χ0v) is 13.2. The van der Waals surface area contributed by atoms with Crippen molar-refractivity contribution in [3.8, 4) is 0 Å². The van der Waals surface area contributed by atoms with Crippen LogP contribution in [0.4, 0.5) is 0 Å². The summed E-state index contributed by atoms with van der Waals surface area (Å²) in [6.07, 6.45) is 1.81. The molecule has 3 heterocycles. The highest BCUT2D eigenvalue weighted by molar-refractivity contribution is 7.99. The molecule has 1 atom stereocenters. The standard InChI is InChI=1S/C14H17N3OS2/c1-10-3-4-11(16(10)2)14(18)17-6-8-19-9-12(17)13-15-5-7-20-13/h3-5,7,12H,6,8-9H2,1-2H3/t12-/m1/s1. The number of amides is 1. The number of carbonyl (C=O) groups excluding carboxylic acids is 1. The van der Waals surface area contributed by atoms with Crippen molar-refractivity contribution in [2.24, 2.45) is 7.05 Å². The summed E-state index contributed by atoms with van der Waals surface area (Å²) in [5, 5.41) is 3.01. The molecule has 3 rings (SSSR count). The Hall–Kier alpha value is -1.27. The normalized spacial score (nSPS) is 19.3. The molecule has 0 N–H and O–H groups in total. The summed E-state index contributed by atoms with van der Waals surface area (Å²) >= 11 is 3.52. The molecule has 0 bridgehead atoms. The van der Waals surface area contributed by atoms with Crippen LogP contribution in [0.1, 0.15) is 27.2 Å². The monoisotopic (exact) mass is 307 g/mol. The van der Waals surface area contributed by atoms with Crippen LogP contribution >= 0.6 is 23.1 Å². The molecule has 106 valence electrons. The number of carbonyl (C=O) groups is 1. The molecule has 1 aliphatic rings. The molecule has 20 heavy (non-hydrogen) atoms. The van der Waals surface area contributed by atoms with Gasteiger partial charge in [0.1, 0.15) is 10.7 Å². The maximum atomic E-state index is 12.8. The Morgan fingerprint density at radius 1 is 1.45 bits per heavy atom. The van der Waals surface area contributed by atoms with Crippen molar-refractivity contribution in [1.82, 2.24) is 14.5 Å². The number of thiazole rings is 1. The van der Waals surface area contributed by atoms with E-state index in [4.69, 9.17) is 0 Å². The first-order valence-corrected chi connectivity index (χ1v) is 8.62. The topological polar surface area (TPSA) is 38.1 Å². The predicted molar refractivity (Wildman–Crippen MR) is 83.4 cm³/mol. The van der Waals surface area contributed by atoms with Crippen LogP contribution in [-0.2, 0) is 7.05 Å². The second-order valence-corrected chi connectivity index (χ2v) is 6.95. The Morgan fingerprint density at radius 2 is 2.30 bits per heavy atom. The zero-order chi connectivity index (χ0) is 14.1. The minimum absolute atomic E-state index is 0.108.